The number of benzene rings is 1. The number of rotatable bonds is 0. The minimum Gasteiger partial charge on any atom is -0.489 e. The van der Waals surface area contributed by atoms with Gasteiger partial charge in [0, 0.05) is 10.6 Å². The Hall–Kier alpha value is -0.480. The molecule has 2 unspecified atom stereocenters. The van der Waals surface area contributed by atoms with Crippen molar-refractivity contribution < 1.29 is 9.84 Å². The molecule has 0 aliphatic carbocycles. The molecule has 0 amide bonds. The number of fused-ring (bicyclic) bond motifs is 1. The second-order valence-corrected chi connectivity index (χ2v) is 4.05. The van der Waals surface area contributed by atoms with Gasteiger partial charge in [-0.25, -0.2) is 0 Å². The molecule has 0 bridgehead atoms. The molecule has 76 valence electrons. The van der Waals surface area contributed by atoms with Crippen LogP contribution < -0.4 is 10.5 Å². The van der Waals surface area contributed by atoms with Crippen LogP contribution in [0.1, 0.15) is 11.6 Å². The van der Waals surface area contributed by atoms with Gasteiger partial charge in [-0.2, -0.15) is 0 Å². The molecule has 14 heavy (non-hydrogen) atoms. The summed E-state index contributed by atoms with van der Waals surface area (Å²) in [7, 11) is 0. The van der Waals surface area contributed by atoms with E-state index in [1.807, 2.05) is 0 Å². The van der Waals surface area contributed by atoms with Gasteiger partial charge in [0.2, 0.25) is 0 Å². The molecular formula is C9H9Cl2NO2. The van der Waals surface area contributed by atoms with Gasteiger partial charge < -0.3 is 15.6 Å². The average molecular weight is 234 g/mol. The molecule has 1 heterocycles. The van der Waals surface area contributed by atoms with E-state index in [9.17, 15) is 5.11 Å². The maximum absolute atomic E-state index is 9.47. The zero-order chi connectivity index (χ0) is 10.3. The van der Waals surface area contributed by atoms with Crippen LogP contribution in [0.25, 0.3) is 0 Å². The Morgan fingerprint density at radius 1 is 1.43 bits per heavy atom. The summed E-state index contributed by atoms with van der Waals surface area (Å²) in [4.78, 5) is 0. The lowest BCUT2D eigenvalue weighted by molar-refractivity contribution is 0.0679. The molecule has 2 atom stereocenters. The second-order valence-electron chi connectivity index (χ2n) is 3.21. The lowest BCUT2D eigenvalue weighted by Gasteiger charge is -2.28. The van der Waals surface area contributed by atoms with Crippen molar-refractivity contribution in [1.82, 2.24) is 0 Å². The van der Waals surface area contributed by atoms with Crippen LogP contribution in [-0.2, 0) is 0 Å². The first-order valence-electron chi connectivity index (χ1n) is 4.15. The summed E-state index contributed by atoms with van der Waals surface area (Å²) in [6, 6.07) is 2.76. The number of hydrogen-bond donors (Lipinski definition) is 2. The first kappa shape index (κ1) is 10.1. The van der Waals surface area contributed by atoms with Crippen molar-refractivity contribution in [3.05, 3.63) is 27.7 Å². The third-order valence-electron chi connectivity index (χ3n) is 2.21. The summed E-state index contributed by atoms with van der Waals surface area (Å²) in [5.41, 5.74) is 6.43. The molecule has 5 heteroatoms. The molecule has 1 aliphatic rings. The molecule has 1 aromatic rings. The number of hydrogen-bond acceptors (Lipinski definition) is 3. The zero-order valence-electron chi connectivity index (χ0n) is 7.21. The molecular weight excluding hydrogens is 225 g/mol. The third-order valence-corrected chi connectivity index (χ3v) is 2.71. The van der Waals surface area contributed by atoms with Crippen molar-refractivity contribution in [2.24, 2.45) is 5.73 Å². The fourth-order valence-corrected chi connectivity index (χ4v) is 2.02. The van der Waals surface area contributed by atoms with E-state index in [1.54, 1.807) is 12.1 Å². The standard InChI is InChI=1S/C9H9Cl2NO2/c10-4-1-5-8(12)7(13)3-14-9(5)6(11)2-4/h1-2,7-8,13H,3,12H2. The summed E-state index contributed by atoms with van der Waals surface area (Å²) in [6.07, 6.45) is -0.711. The quantitative estimate of drug-likeness (QED) is 0.718. The number of ether oxygens (including phenoxy) is 1. The van der Waals surface area contributed by atoms with Gasteiger partial charge >= 0.3 is 0 Å². The molecule has 0 saturated heterocycles. The van der Waals surface area contributed by atoms with Crippen LogP contribution in [0, 0.1) is 0 Å². The van der Waals surface area contributed by atoms with Crippen LogP contribution >= 0.6 is 23.2 Å². The maximum atomic E-state index is 9.47. The minimum atomic E-state index is -0.711. The van der Waals surface area contributed by atoms with E-state index in [0.29, 0.717) is 21.4 Å². The largest absolute Gasteiger partial charge is 0.489 e. The zero-order valence-corrected chi connectivity index (χ0v) is 8.72. The molecule has 1 aromatic carbocycles. The summed E-state index contributed by atoms with van der Waals surface area (Å²) in [5, 5.41) is 10.4. The first-order chi connectivity index (χ1) is 6.59. The Morgan fingerprint density at radius 3 is 2.86 bits per heavy atom. The van der Waals surface area contributed by atoms with Crippen molar-refractivity contribution in [3.63, 3.8) is 0 Å². The highest BCUT2D eigenvalue weighted by atomic mass is 35.5. The third kappa shape index (κ3) is 1.57. The Kier molecular flexibility index (Phi) is 2.58. The Morgan fingerprint density at radius 2 is 2.14 bits per heavy atom. The number of aliphatic hydroxyl groups is 1. The SMILES string of the molecule is NC1c2cc(Cl)cc(Cl)c2OCC1O. The molecule has 0 radical (unpaired) electrons. The van der Waals surface area contributed by atoms with E-state index in [-0.39, 0.29) is 6.61 Å². The highest BCUT2D eigenvalue weighted by Gasteiger charge is 2.28. The summed E-state index contributed by atoms with van der Waals surface area (Å²) < 4.78 is 5.27. The molecule has 0 aromatic heterocycles. The van der Waals surface area contributed by atoms with E-state index in [4.69, 9.17) is 33.7 Å². The highest BCUT2D eigenvalue weighted by Crippen LogP contribution is 2.38. The Bertz CT molecular complexity index is 370. The smallest absolute Gasteiger partial charge is 0.142 e. The Balaban J connectivity index is 2.54. The fourth-order valence-electron chi connectivity index (χ4n) is 1.46. The topological polar surface area (TPSA) is 55.5 Å². The van der Waals surface area contributed by atoms with E-state index in [1.165, 1.54) is 0 Å². The molecule has 0 saturated carbocycles. The van der Waals surface area contributed by atoms with Gasteiger partial charge in [0.15, 0.2) is 0 Å². The van der Waals surface area contributed by atoms with Crippen LogP contribution in [0.4, 0.5) is 0 Å². The van der Waals surface area contributed by atoms with Gasteiger partial charge in [-0.15, -0.1) is 0 Å². The van der Waals surface area contributed by atoms with Crippen LogP contribution in [0.15, 0.2) is 12.1 Å². The van der Waals surface area contributed by atoms with E-state index in [2.05, 4.69) is 0 Å². The summed E-state index contributed by atoms with van der Waals surface area (Å²) in [6.45, 7) is 0.162. The molecule has 2 rings (SSSR count). The van der Waals surface area contributed by atoms with E-state index >= 15 is 0 Å². The van der Waals surface area contributed by atoms with E-state index < -0.39 is 12.1 Å². The monoisotopic (exact) mass is 233 g/mol. The molecule has 0 fully saturated rings. The van der Waals surface area contributed by atoms with Crippen molar-refractivity contribution >= 4 is 23.2 Å². The lowest BCUT2D eigenvalue weighted by Crippen LogP contribution is -2.35. The normalized spacial score (nSPS) is 25.4. The number of aliphatic hydroxyl groups excluding tert-OH is 1. The van der Waals surface area contributed by atoms with Crippen LogP contribution in [0.5, 0.6) is 5.75 Å². The summed E-state index contributed by atoms with van der Waals surface area (Å²) >= 11 is 11.7. The van der Waals surface area contributed by atoms with Crippen LogP contribution in [0.2, 0.25) is 10.0 Å². The molecule has 0 spiro atoms. The van der Waals surface area contributed by atoms with Crippen molar-refractivity contribution in [3.8, 4) is 5.75 Å². The Labute approximate surface area is 91.4 Å². The molecule has 3 N–H and O–H groups in total. The van der Waals surface area contributed by atoms with Crippen molar-refractivity contribution in [1.29, 1.82) is 0 Å². The van der Waals surface area contributed by atoms with Crippen molar-refractivity contribution in [2.45, 2.75) is 12.1 Å². The van der Waals surface area contributed by atoms with Gasteiger partial charge in [-0.05, 0) is 12.1 Å². The lowest BCUT2D eigenvalue weighted by atomic mass is 9.99. The van der Waals surface area contributed by atoms with Crippen LogP contribution in [0.3, 0.4) is 0 Å². The van der Waals surface area contributed by atoms with Crippen molar-refractivity contribution in [2.75, 3.05) is 6.61 Å². The predicted octanol–water partition coefficient (Wildman–Crippen LogP) is 1.75. The maximum Gasteiger partial charge on any atom is 0.142 e. The van der Waals surface area contributed by atoms with Gasteiger partial charge in [-0.1, -0.05) is 23.2 Å². The number of nitrogens with two attached hydrogens (primary N) is 1. The average Bonchev–Trinajstić information content (AvgIpc) is 2.12. The second kappa shape index (κ2) is 3.59. The first-order valence-corrected chi connectivity index (χ1v) is 4.90. The molecule has 3 nitrogen and oxygen atoms in total. The van der Waals surface area contributed by atoms with Gasteiger partial charge in [0.25, 0.3) is 0 Å². The van der Waals surface area contributed by atoms with E-state index in [0.717, 1.165) is 0 Å². The summed E-state index contributed by atoms with van der Waals surface area (Å²) in [5.74, 6) is 0.522. The van der Waals surface area contributed by atoms with Gasteiger partial charge in [0.05, 0.1) is 11.1 Å². The molecule has 1 aliphatic heterocycles. The predicted molar refractivity (Wildman–Crippen MR) is 54.9 cm³/mol. The van der Waals surface area contributed by atoms with Gasteiger partial charge in [0.1, 0.15) is 18.5 Å². The number of halogens is 2. The van der Waals surface area contributed by atoms with Crippen LogP contribution in [-0.4, -0.2) is 17.8 Å². The van der Waals surface area contributed by atoms with Gasteiger partial charge in [-0.3, -0.25) is 0 Å². The minimum absolute atomic E-state index is 0.162. The fraction of sp³-hybridized carbons (Fsp3) is 0.333. The highest BCUT2D eigenvalue weighted by molar-refractivity contribution is 6.35.